The van der Waals surface area contributed by atoms with Crippen LogP contribution in [0.25, 0.3) is 10.9 Å². The molecule has 1 heterocycles. The second-order valence-electron chi connectivity index (χ2n) is 6.33. The molecule has 1 saturated carbocycles. The molecule has 1 fully saturated rings. The second kappa shape index (κ2) is 5.31. The largest absolute Gasteiger partial charge is 0.361 e. The van der Waals surface area contributed by atoms with Gasteiger partial charge in [-0.05, 0) is 49.3 Å². The monoisotopic (exact) mass is 270 g/mol. The minimum Gasteiger partial charge on any atom is -0.361 e. The van der Waals surface area contributed by atoms with E-state index in [0.29, 0.717) is 17.9 Å². The maximum atomic E-state index is 12.5. The second-order valence-corrected chi connectivity index (χ2v) is 6.33. The molecule has 1 amide bonds. The Morgan fingerprint density at radius 2 is 1.90 bits per heavy atom. The number of benzene rings is 1. The lowest BCUT2D eigenvalue weighted by Crippen LogP contribution is -2.40. The highest BCUT2D eigenvalue weighted by Gasteiger charge is 2.25. The van der Waals surface area contributed by atoms with Gasteiger partial charge in [-0.2, -0.15) is 0 Å². The van der Waals surface area contributed by atoms with Crippen molar-refractivity contribution in [2.75, 3.05) is 0 Å². The number of carbonyl (C=O) groups excluding carboxylic acids is 1. The van der Waals surface area contributed by atoms with Crippen molar-refractivity contribution in [1.29, 1.82) is 0 Å². The Labute approximate surface area is 119 Å². The van der Waals surface area contributed by atoms with Gasteiger partial charge in [-0.1, -0.05) is 19.9 Å². The van der Waals surface area contributed by atoms with E-state index in [-0.39, 0.29) is 5.91 Å². The van der Waals surface area contributed by atoms with Crippen molar-refractivity contribution in [1.82, 2.24) is 10.3 Å². The van der Waals surface area contributed by atoms with Crippen LogP contribution >= 0.6 is 0 Å². The van der Waals surface area contributed by atoms with E-state index in [4.69, 9.17) is 0 Å². The molecule has 0 spiro atoms. The summed E-state index contributed by atoms with van der Waals surface area (Å²) >= 11 is 0. The molecular formula is C17H22N2O. The smallest absolute Gasteiger partial charge is 0.252 e. The van der Waals surface area contributed by atoms with Gasteiger partial charge in [0, 0.05) is 28.7 Å². The quantitative estimate of drug-likeness (QED) is 0.858. The zero-order valence-electron chi connectivity index (χ0n) is 12.1. The Morgan fingerprint density at radius 3 is 2.65 bits per heavy atom. The molecule has 1 aliphatic rings. The molecule has 0 aliphatic heterocycles. The van der Waals surface area contributed by atoms with E-state index in [2.05, 4.69) is 24.1 Å². The fourth-order valence-corrected chi connectivity index (χ4v) is 3.61. The van der Waals surface area contributed by atoms with E-state index in [1.54, 1.807) is 0 Å². The Balaban J connectivity index is 1.77. The number of amides is 1. The summed E-state index contributed by atoms with van der Waals surface area (Å²) in [6, 6.07) is 8.12. The van der Waals surface area contributed by atoms with Crippen molar-refractivity contribution < 1.29 is 4.79 Å². The summed E-state index contributed by atoms with van der Waals surface area (Å²) in [5.74, 6) is 1.46. The lowest BCUT2D eigenvalue weighted by molar-refractivity contribution is 0.0913. The highest BCUT2D eigenvalue weighted by molar-refractivity contribution is 6.06. The number of rotatable bonds is 2. The molecule has 1 aromatic carbocycles. The lowest BCUT2D eigenvalue weighted by Gasteiger charge is -2.32. The van der Waals surface area contributed by atoms with Crippen molar-refractivity contribution >= 4 is 16.8 Å². The van der Waals surface area contributed by atoms with Gasteiger partial charge in [0.1, 0.15) is 0 Å². The fourth-order valence-electron chi connectivity index (χ4n) is 3.61. The van der Waals surface area contributed by atoms with E-state index in [1.807, 2.05) is 30.5 Å². The average molecular weight is 270 g/mol. The molecule has 3 heteroatoms. The SMILES string of the molecule is CC1CC(C)CC(NC(=O)c2cccc3[nH]ccc23)C1. The third-order valence-electron chi connectivity index (χ3n) is 4.35. The summed E-state index contributed by atoms with van der Waals surface area (Å²) in [6.07, 6.45) is 5.35. The molecule has 2 aromatic rings. The zero-order valence-corrected chi connectivity index (χ0v) is 12.1. The van der Waals surface area contributed by atoms with E-state index in [1.165, 1.54) is 6.42 Å². The van der Waals surface area contributed by atoms with E-state index in [0.717, 1.165) is 29.3 Å². The highest BCUT2D eigenvalue weighted by Crippen LogP contribution is 2.29. The molecule has 2 N–H and O–H groups in total. The topological polar surface area (TPSA) is 44.9 Å². The average Bonchev–Trinajstić information content (AvgIpc) is 2.85. The van der Waals surface area contributed by atoms with Crippen LogP contribution in [0.2, 0.25) is 0 Å². The third-order valence-corrected chi connectivity index (χ3v) is 4.35. The number of aromatic nitrogens is 1. The van der Waals surface area contributed by atoms with Crippen LogP contribution in [0.1, 0.15) is 43.5 Å². The first kappa shape index (κ1) is 13.2. The number of H-pyrrole nitrogens is 1. The third kappa shape index (κ3) is 2.58. The van der Waals surface area contributed by atoms with Crippen molar-refractivity contribution in [3.8, 4) is 0 Å². The van der Waals surface area contributed by atoms with Gasteiger partial charge in [-0.3, -0.25) is 4.79 Å². The van der Waals surface area contributed by atoms with Crippen molar-refractivity contribution in [3.05, 3.63) is 36.0 Å². The van der Waals surface area contributed by atoms with Crippen LogP contribution in [0.4, 0.5) is 0 Å². The van der Waals surface area contributed by atoms with Crippen LogP contribution in [0, 0.1) is 11.8 Å². The van der Waals surface area contributed by atoms with Gasteiger partial charge in [0.15, 0.2) is 0 Å². The first-order chi connectivity index (χ1) is 9.63. The standard InChI is InChI=1S/C17H22N2O/c1-11-8-12(2)10-13(9-11)19-17(20)15-4-3-5-16-14(15)6-7-18-16/h3-7,11-13,18H,8-10H2,1-2H3,(H,19,20). The first-order valence-corrected chi connectivity index (χ1v) is 7.50. The molecule has 0 bridgehead atoms. The van der Waals surface area contributed by atoms with Gasteiger partial charge in [-0.15, -0.1) is 0 Å². The number of nitrogens with one attached hydrogen (secondary N) is 2. The van der Waals surface area contributed by atoms with Gasteiger partial charge < -0.3 is 10.3 Å². The Bertz CT molecular complexity index is 606. The predicted molar refractivity (Wildman–Crippen MR) is 81.7 cm³/mol. The normalized spacial score (nSPS) is 26.6. The molecule has 3 nitrogen and oxygen atoms in total. The molecule has 2 atom stereocenters. The zero-order chi connectivity index (χ0) is 14.1. The van der Waals surface area contributed by atoms with Crippen molar-refractivity contribution in [3.63, 3.8) is 0 Å². The molecule has 1 aliphatic carbocycles. The Morgan fingerprint density at radius 1 is 1.15 bits per heavy atom. The molecule has 0 saturated heterocycles. The minimum absolute atomic E-state index is 0.0569. The van der Waals surface area contributed by atoms with Crippen LogP contribution in [-0.4, -0.2) is 16.9 Å². The van der Waals surface area contributed by atoms with Crippen LogP contribution in [0.3, 0.4) is 0 Å². The van der Waals surface area contributed by atoms with Gasteiger partial charge in [-0.25, -0.2) is 0 Å². The highest BCUT2D eigenvalue weighted by atomic mass is 16.1. The molecular weight excluding hydrogens is 248 g/mol. The molecule has 2 unspecified atom stereocenters. The Kier molecular flexibility index (Phi) is 3.51. The van der Waals surface area contributed by atoms with Crippen molar-refractivity contribution in [2.45, 2.75) is 39.2 Å². The maximum Gasteiger partial charge on any atom is 0.252 e. The van der Waals surface area contributed by atoms with Crippen LogP contribution < -0.4 is 5.32 Å². The lowest BCUT2D eigenvalue weighted by atomic mass is 9.80. The van der Waals surface area contributed by atoms with Gasteiger partial charge in [0.2, 0.25) is 0 Å². The summed E-state index contributed by atoms with van der Waals surface area (Å²) < 4.78 is 0. The van der Waals surface area contributed by atoms with Crippen LogP contribution in [0.15, 0.2) is 30.5 Å². The van der Waals surface area contributed by atoms with Gasteiger partial charge in [0.25, 0.3) is 5.91 Å². The number of fused-ring (bicyclic) bond motifs is 1. The number of carbonyl (C=O) groups is 1. The summed E-state index contributed by atoms with van der Waals surface area (Å²) in [6.45, 7) is 4.56. The maximum absolute atomic E-state index is 12.5. The molecule has 20 heavy (non-hydrogen) atoms. The van der Waals surface area contributed by atoms with E-state index in [9.17, 15) is 4.79 Å². The minimum atomic E-state index is 0.0569. The molecule has 3 rings (SSSR count). The van der Waals surface area contributed by atoms with E-state index < -0.39 is 0 Å². The summed E-state index contributed by atoms with van der Waals surface area (Å²) in [7, 11) is 0. The number of hydrogen-bond acceptors (Lipinski definition) is 1. The van der Waals surface area contributed by atoms with Crippen LogP contribution in [0.5, 0.6) is 0 Å². The van der Waals surface area contributed by atoms with Crippen LogP contribution in [-0.2, 0) is 0 Å². The van der Waals surface area contributed by atoms with Crippen molar-refractivity contribution in [2.24, 2.45) is 11.8 Å². The summed E-state index contributed by atoms with van der Waals surface area (Å²) in [5, 5.41) is 4.23. The predicted octanol–water partition coefficient (Wildman–Crippen LogP) is 3.72. The summed E-state index contributed by atoms with van der Waals surface area (Å²) in [4.78, 5) is 15.7. The first-order valence-electron chi connectivity index (χ1n) is 7.50. The number of hydrogen-bond donors (Lipinski definition) is 2. The molecule has 106 valence electrons. The molecule has 1 aromatic heterocycles. The fraction of sp³-hybridized carbons (Fsp3) is 0.471. The molecule has 0 radical (unpaired) electrons. The van der Waals surface area contributed by atoms with Gasteiger partial charge >= 0.3 is 0 Å². The van der Waals surface area contributed by atoms with Gasteiger partial charge in [0.05, 0.1) is 0 Å². The number of aromatic amines is 1. The van der Waals surface area contributed by atoms with E-state index >= 15 is 0 Å². The Hall–Kier alpha value is -1.77. The summed E-state index contributed by atoms with van der Waals surface area (Å²) in [5.41, 5.74) is 1.79.